The van der Waals surface area contributed by atoms with Crippen molar-refractivity contribution in [3.05, 3.63) is 522 Å². The number of benzene rings is 25. The average molecular weight is 1770 g/mol. The van der Waals surface area contributed by atoms with Gasteiger partial charge in [-0.25, -0.2) is 0 Å². The number of rotatable bonds is 12. The van der Waals surface area contributed by atoms with Gasteiger partial charge in [0.1, 0.15) is 33.5 Å². The van der Waals surface area contributed by atoms with Crippen LogP contribution in [0.2, 0.25) is 0 Å². The van der Waals surface area contributed by atoms with E-state index in [4.69, 9.17) is 13.3 Å². The molecular weight excluding hydrogens is 1680 g/mol. The van der Waals surface area contributed by atoms with Crippen LogP contribution < -0.4 is 0 Å². The SMILES string of the molecule is c1ccc(-c2cc(-c3ccccc3)cc(-c3c4ccccc4c(-c4cc(-c5ccccc5)cc5oc6ccccc6c45)c4ccccc34)c2)cc1.c1ccc(-c2ccc(-c3c4ccccc4c(-c4cc(-c5ccc6ccccc6c5)cc5oc6ccccc6c45)c4ccccc34)cc2)cc1.c1ccc(-c2ccc(-c3c4ccccc4c(-c4cccc5oc6ccccc6c45)c4ccccc34)cc2)cc1. The molecule has 0 saturated heterocycles. The van der Waals surface area contributed by atoms with Gasteiger partial charge in [-0.2, -0.15) is 0 Å². The first-order valence-electron chi connectivity index (χ1n) is 47.7. The van der Waals surface area contributed by atoms with Crippen molar-refractivity contribution < 1.29 is 13.3 Å². The Morgan fingerprint density at radius 3 is 0.691 bits per heavy atom. The summed E-state index contributed by atoms with van der Waals surface area (Å²) in [7, 11) is 0. The topological polar surface area (TPSA) is 39.4 Å². The third kappa shape index (κ3) is 14.5. The molecule has 3 nitrogen and oxygen atoms in total. The highest BCUT2D eigenvalue weighted by atomic mass is 16.3. The monoisotopic (exact) mass is 1770 g/mol. The Balaban J connectivity index is 0.000000108. The number of hydrogen-bond donors (Lipinski definition) is 0. The van der Waals surface area contributed by atoms with Gasteiger partial charge in [0, 0.05) is 32.3 Å². The first-order valence-corrected chi connectivity index (χ1v) is 47.7. The molecule has 648 valence electrons. The lowest BCUT2D eigenvalue weighted by atomic mass is 9.83. The van der Waals surface area contributed by atoms with Crippen LogP contribution in [0.4, 0.5) is 0 Å². The van der Waals surface area contributed by atoms with E-state index in [-0.39, 0.29) is 0 Å². The van der Waals surface area contributed by atoms with Crippen molar-refractivity contribution in [2.24, 2.45) is 0 Å². The highest BCUT2D eigenvalue weighted by Crippen LogP contribution is 2.54. The lowest BCUT2D eigenvalue weighted by Gasteiger charge is -2.20. The van der Waals surface area contributed by atoms with Crippen LogP contribution in [0.15, 0.2) is 535 Å². The van der Waals surface area contributed by atoms with Crippen molar-refractivity contribution in [2.45, 2.75) is 0 Å². The molecule has 0 atom stereocenters. The fourth-order valence-electron chi connectivity index (χ4n) is 21.9. The molecule has 0 aliphatic heterocycles. The van der Waals surface area contributed by atoms with Gasteiger partial charge in [0.15, 0.2) is 0 Å². The van der Waals surface area contributed by atoms with Gasteiger partial charge in [0.2, 0.25) is 0 Å². The first-order chi connectivity index (χ1) is 69.0. The molecule has 3 heterocycles. The van der Waals surface area contributed by atoms with Crippen LogP contribution in [0.5, 0.6) is 0 Å². The smallest absolute Gasteiger partial charge is 0.136 e. The predicted molar refractivity (Wildman–Crippen MR) is 589 cm³/mol. The van der Waals surface area contributed by atoms with E-state index in [1.165, 1.54) is 198 Å². The summed E-state index contributed by atoms with van der Waals surface area (Å²) in [6, 6.07) is 188. The van der Waals surface area contributed by atoms with Gasteiger partial charge in [0.05, 0.1) is 0 Å². The summed E-state index contributed by atoms with van der Waals surface area (Å²) >= 11 is 0. The van der Waals surface area contributed by atoms with Gasteiger partial charge >= 0.3 is 0 Å². The summed E-state index contributed by atoms with van der Waals surface area (Å²) in [6.45, 7) is 0. The maximum Gasteiger partial charge on any atom is 0.136 e. The van der Waals surface area contributed by atoms with E-state index >= 15 is 0 Å². The van der Waals surface area contributed by atoms with Crippen LogP contribution in [0, 0.1) is 0 Å². The van der Waals surface area contributed by atoms with Crippen LogP contribution in [0.1, 0.15) is 0 Å². The molecule has 0 spiro atoms. The minimum Gasteiger partial charge on any atom is -0.456 e. The third-order valence-corrected chi connectivity index (χ3v) is 28.1. The molecule has 0 amide bonds. The molecule has 139 heavy (non-hydrogen) atoms. The predicted octanol–water partition coefficient (Wildman–Crippen LogP) is 38.8. The second-order valence-corrected chi connectivity index (χ2v) is 36.1. The Bertz CT molecular complexity index is 9420. The van der Waals surface area contributed by atoms with Crippen molar-refractivity contribution >= 4 is 141 Å². The Hall–Kier alpha value is -18.3. The van der Waals surface area contributed by atoms with Crippen molar-refractivity contribution in [1.82, 2.24) is 0 Å². The highest BCUT2D eigenvalue weighted by molar-refractivity contribution is 6.30. The summed E-state index contributed by atoms with van der Waals surface area (Å²) in [5.41, 5.74) is 34.4. The van der Waals surface area contributed by atoms with Crippen LogP contribution in [0.3, 0.4) is 0 Å². The van der Waals surface area contributed by atoms with E-state index < -0.39 is 0 Å². The van der Waals surface area contributed by atoms with E-state index in [1.807, 2.05) is 6.07 Å². The zero-order valence-electron chi connectivity index (χ0n) is 75.9. The van der Waals surface area contributed by atoms with E-state index in [9.17, 15) is 0 Å². The van der Waals surface area contributed by atoms with E-state index in [2.05, 4.69) is 516 Å². The molecule has 0 aliphatic rings. The molecule has 25 aromatic carbocycles. The molecule has 0 bridgehead atoms. The fourth-order valence-corrected chi connectivity index (χ4v) is 21.9. The molecule has 0 radical (unpaired) electrons. The van der Waals surface area contributed by atoms with Gasteiger partial charge in [-0.15, -0.1) is 0 Å². The Kier molecular flexibility index (Phi) is 20.3. The van der Waals surface area contributed by atoms with Crippen LogP contribution in [-0.2, 0) is 0 Å². The number of fused-ring (bicyclic) bond motifs is 16. The van der Waals surface area contributed by atoms with Crippen molar-refractivity contribution in [3.8, 4) is 134 Å². The third-order valence-electron chi connectivity index (χ3n) is 28.1. The minimum absolute atomic E-state index is 0.896. The molecule has 0 aliphatic carbocycles. The Morgan fingerprint density at radius 1 is 0.101 bits per heavy atom. The molecular formula is C136H86O3. The summed E-state index contributed by atoms with van der Waals surface area (Å²) in [4.78, 5) is 0. The lowest BCUT2D eigenvalue weighted by molar-refractivity contribution is 0.668. The standard InChI is InChI=1S/C50H32O.C48H30O.C38H24O/c1-4-16-33(17-5-1)36-28-37(34-18-6-2-7-19-34)30-39(29-36)48-40-22-10-12-24-42(40)49(43-25-13-11-23-41(43)48)45-31-38(35-20-8-3-9-21-35)32-47-50(45)44-26-14-15-27-46(44)51-47;1-2-12-31(13-3-1)33-22-25-34(26-23-33)46-38-16-6-8-18-40(38)47(41-19-9-7-17-39(41)46)43-29-37(36-27-24-32-14-4-5-15-35(32)28-36)30-45-48(43)42-20-10-11-21-44(42)49-45;1-2-11-25(12-3-1)26-21-23-27(24-22-26)36-28-13-4-6-15-30(28)37(31-16-7-5-14-29(31)36)33-18-10-20-35-38(33)32-17-8-9-19-34(32)39-35/h1-32H;1-30H;1-24H. The van der Waals surface area contributed by atoms with E-state index in [0.29, 0.717) is 0 Å². The first kappa shape index (κ1) is 81.5. The fraction of sp³-hybridized carbons (Fsp3) is 0. The molecule has 0 saturated carbocycles. The summed E-state index contributed by atoms with van der Waals surface area (Å²) in [6.07, 6.45) is 0. The lowest BCUT2D eigenvalue weighted by Crippen LogP contribution is -1.93. The van der Waals surface area contributed by atoms with Crippen molar-refractivity contribution in [3.63, 3.8) is 0 Å². The minimum atomic E-state index is 0.896. The van der Waals surface area contributed by atoms with Gasteiger partial charge in [-0.3, -0.25) is 0 Å². The molecule has 28 aromatic rings. The zero-order valence-corrected chi connectivity index (χ0v) is 75.9. The van der Waals surface area contributed by atoms with Crippen molar-refractivity contribution in [2.75, 3.05) is 0 Å². The molecule has 0 N–H and O–H groups in total. The van der Waals surface area contributed by atoms with Gasteiger partial charge in [-0.05, 0) is 282 Å². The second-order valence-electron chi connectivity index (χ2n) is 36.1. The van der Waals surface area contributed by atoms with Crippen molar-refractivity contribution in [1.29, 1.82) is 0 Å². The Morgan fingerprint density at radius 2 is 0.331 bits per heavy atom. The van der Waals surface area contributed by atoms with Gasteiger partial charge in [-0.1, -0.05) is 449 Å². The summed E-state index contributed by atoms with van der Waals surface area (Å²) < 4.78 is 19.5. The molecule has 28 rings (SSSR count). The van der Waals surface area contributed by atoms with Crippen LogP contribution >= 0.6 is 0 Å². The zero-order chi connectivity index (χ0) is 91.8. The maximum absolute atomic E-state index is 6.63. The van der Waals surface area contributed by atoms with Crippen LogP contribution in [-0.4, -0.2) is 0 Å². The normalized spacial score (nSPS) is 11.6. The highest BCUT2D eigenvalue weighted by Gasteiger charge is 2.27. The Labute approximate surface area is 803 Å². The number of furan rings is 3. The van der Waals surface area contributed by atoms with Crippen LogP contribution in [0.25, 0.3) is 275 Å². The average Bonchev–Trinajstić information content (AvgIpc) is 1.66. The number of para-hydroxylation sites is 3. The summed E-state index contributed by atoms with van der Waals surface area (Å²) in [5.74, 6) is 0. The van der Waals surface area contributed by atoms with E-state index in [0.717, 1.165) is 77.1 Å². The summed E-state index contributed by atoms with van der Waals surface area (Å²) in [5, 5.41) is 24.1. The molecule has 0 unspecified atom stereocenters. The molecule has 3 heteroatoms. The number of hydrogen-bond acceptors (Lipinski definition) is 3. The molecule has 0 fully saturated rings. The quantitative estimate of drug-likeness (QED) is 0.114. The maximum atomic E-state index is 6.63. The van der Waals surface area contributed by atoms with Gasteiger partial charge < -0.3 is 13.3 Å². The second kappa shape index (κ2) is 34.6. The van der Waals surface area contributed by atoms with Gasteiger partial charge in [0.25, 0.3) is 0 Å². The largest absolute Gasteiger partial charge is 0.456 e. The molecule has 3 aromatic heterocycles. The van der Waals surface area contributed by atoms with E-state index in [1.54, 1.807) is 0 Å².